The maximum Gasteiger partial charge on any atom is 0.419 e. The van der Waals surface area contributed by atoms with Crippen LogP contribution in [0.3, 0.4) is 0 Å². The van der Waals surface area contributed by atoms with Crippen LogP contribution >= 0.6 is 0 Å². The van der Waals surface area contributed by atoms with Crippen molar-refractivity contribution < 1.29 is 22.8 Å². The third kappa shape index (κ3) is 6.53. The van der Waals surface area contributed by atoms with E-state index in [4.69, 9.17) is 0 Å². The molecule has 1 aliphatic carbocycles. The van der Waals surface area contributed by atoms with Crippen LogP contribution in [0.15, 0.2) is 17.2 Å². The third-order valence-electron chi connectivity index (χ3n) is 9.32. The van der Waals surface area contributed by atoms with Gasteiger partial charge in [-0.3, -0.25) is 19.3 Å². The molecule has 4 aliphatic rings. The topological polar surface area (TPSA) is 119 Å². The number of carbonyl (C=O) groups excluding carboxylic acids is 2. The Balaban J connectivity index is 1.000. The molecule has 0 aromatic carbocycles. The smallest absolute Gasteiger partial charge is 0.339 e. The maximum atomic E-state index is 13.2. The highest BCUT2D eigenvalue weighted by molar-refractivity contribution is 5.80. The minimum absolute atomic E-state index is 0.0557. The molecule has 14 heteroatoms. The molecule has 0 radical (unpaired) electrons. The van der Waals surface area contributed by atoms with E-state index in [0.717, 1.165) is 36.5 Å². The van der Waals surface area contributed by atoms with Gasteiger partial charge in [0.25, 0.3) is 5.56 Å². The van der Waals surface area contributed by atoms with E-state index in [9.17, 15) is 27.6 Å². The van der Waals surface area contributed by atoms with E-state index in [1.165, 1.54) is 19.3 Å². The molecule has 0 bridgehead atoms. The minimum Gasteiger partial charge on any atom is -0.339 e. The highest BCUT2D eigenvalue weighted by atomic mass is 19.4. The highest BCUT2D eigenvalue weighted by Crippen LogP contribution is 2.30. The molecule has 2 aromatic rings. The molecule has 5 heterocycles. The number of anilines is 1. The summed E-state index contributed by atoms with van der Waals surface area (Å²) in [5.41, 5.74) is 1.20. The second-order valence-corrected chi connectivity index (χ2v) is 12.2. The normalized spacial score (nSPS) is 20.6. The second kappa shape index (κ2) is 12.2. The van der Waals surface area contributed by atoms with Gasteiger partial charge in [0.2, 0.25) is 17.8 Å². The molecule has 43 heavy (non-hydrogen) atoms. The number of aromatic amines is 1. The summed E-state index contributed by atoms with van der Waals surface area (Å²) in [5.74, 6) is 0.738. The number of nitrogens with zero attached hydrogens (tertiary/aromatic N) is 7. The standard InChI is InChI=1S/C29H37F3N8O3/c30-29(31,32)21-13-33-28(34-14-21)39-10-8-38(9-11-39)27(43)20-15-37(16-20)18-24-23-17-40(7-6-22(23)26(42)36-35-24)25(41)12-19-4-2-1-3-5-19/h13-14,19-20H,1-12,15-18H2,(H,36,42). The van der Waals surface area contributed by atoms with Crippen LogP contribution in [0.4, 0.5) is 19.1 Å². The Morgan fingerprint density at radius 3 is 2.30 bits per heavy atom. The number of alkyl halides is 3. The number of nitrogens with one attached hydrogen (secondary N) is 1. The lowest BCUT2D eigenvalue weighted by molar-refractivity contribution is -0.142. The molecule has 2 saturated heterocycles. The summed E-state index contributed by atoms with van der Waals surface area (Å²) in [4.78, 5) is 54.1. The predicted octanol–water partition coefficient (Wildman–Crippen LogP) is 2.21. The SMILES string of the molecule is O=C(CC1CCCCC1)N1CCc2c(c(CN3CC(C(=O)N4CCN(c5ncc(C(F)(F)F)cn5)CC4)C3)n[nH]c2=O)C1. The van der Waals surface area contributed by atoms with Gasteiger partial charge >= 0.3 is 6.18 Å². The first kappa shape index (κ1) is 29.5. The molecule has 1 saturated carbocycles. The lowest BCUT2D eigenvalue weighted by Crippen LogP contribution is -2.57. The van der Waals surface area contributed by atoms with Crippen molar-refractivity contribution in [2.24, 2.45) is 11.8 Å². The average Bonchev–Trinajstić information content (AvgIpc) is 2.99. The van der Waals surface area contributed by atoms with Gasteiger partial charge in [-0.25, -0.2) is 15.1 Å². The van der Waals surface area contributed by atoms with Crippen molar-refractivity contribution in [3.63, 3.8) is 0 Å². The van der Waals surface area contributed by atoms with Crippen LogP contribution in [0.2, 0.25) is 0 Å². The Morgan fingerprint density at radius 2 is 1.63 bits per heavy atom. The Kier molecular flexibility index (Phi) is 8.38. The van der Waals surface area contributed by atoms with Gasteiger partial charge in [-0.1, -0.05) is 19.3 Å². The zero-order valence-corrected chi connectivity index (χ0v) is 24.1. The molecule has 0 unspecified atom stereocenters. The van der Waals surface area contributed by atoms with Crippen LogP contribution in [0, 0.1) is 11.8 Å². The number of amides is 2. The predicted molar refractivity (Wildman–Crippen MR) is 150 cm³/mol. The van der Waals surface area contributed by atoms with Crippen molar-refractivity contribution in [3.05, 3.63) is 45.1 Å². The monoisotopic (exact) mass is 602 g/mol. The van der Waals surface area contributed by atoms with Crippen molar-refractivity contribution in [3.8, 4) is 0 Å². The fourth-order valence-electron chi connectivity index (χ4n) is 6.73. The van der Waals surface area contributed by atoms with E-state index < -0.39 is 11.7 Å². The number of likely N-dealkylation sites (tertiary alicyclic amines) is 1. The van der Waals surface area contributed by atoms with E-state index in [2.05, 4.69) is 25.1 Å². The fraction of sp³-hybridized carbons (Fsp3) is 0.655. The van der Waals surface area contributed by atoms with Crippen molar-refractivity contribution >= 4 is 17.8 Å². The molecule has 232 valence electrons. The van der Waals surface area contributed by atoms with Gasteiger partial charge in [0.15, 0.2) is 0 Å². The Bertz CT molecular complexity index is 1380. The van der Waals surface area contributed by atoms with Crippen LogP contribution in [-0.2, 0) is 35.3 Å². The van der Waals surface area contributed by atoms with Gasteiger partial charge in [-0.15, -0.1) is 0 Å². The summed E-state index contributed by atoms with van der Waals surface area (Å²) in [7, 11) is 0. The van der Waals surface area contributed by atoms with Gasteiger partial charge in [-0.2, -0.15) is 18.3 Å². The largest absolute Gasteiger partial charge is 0.419 e. The number of hydrogen-bond donors (Lipinski definition) is 1. The van der Waals surface area contributed by atoms with Crippen LogP contribution in [0.1, 0.15) is 60.9 Å². The van der Waals surface area contributed by atoms with Crippen LogP contribution in [0.25, 0.3) is 0 Å². The number of aromatic nitrogens is 4. The lowest BCUT2D eigenvalue weighted by atomic mass is 9.86. The Labute approximate surface area is 247 Å². The van der Waals surface area contributed by atoms with Crippen molar-refractivity contribution in [2.75, 3.05) is 50.7 Å². The number of fused-ring (bicyclic) bond motifs is 1. The maximum absolute atomic E-state index is 13.2. The summed E-state index contributed by atoms with van der Waals surface area (Å²) in [6.45, 7) is 4.35. The van der Waals surface area contributed by atoms with Crippen LogP contribution in [0.5, 0.6) is 0 Å². The molecule has 3 fully saturated rings. The zero-order valence-electron chi connectivity index (χ0n) is 24.1. The van der Waals surface area contributed by atoms with Gasteiger partial charge in [0.1, 0.15) is 0 Å². The van der Waals surface area contributed by atoms with Crippen LogP contribution in [-0.4, -0.2) is 92.5 Å². The number of rotatable bonds is 6. The number of hydrogen-bond acceptors (Lipinski definition) is 8. The summed E-state index contributed by atoms with van der Waals surface area (Å²) in [5, 5.41) is 6.97. The van der Waals surface area contributed by atoms with Crippen molar-refractivity contribution in [1.82, 2.24) is 34.9 Å². The number of H-pyrrole nitrogens is 1. The molecular formula is C29H37F3N8O3. The first-order chi connectivity index (χ1) is 20.7. The average molecular weight is 603 g/mol. The zero-order chi connectivity index (χ0) is 30.1. The summed E-state index contributed by atoms with van der Waals surface area (Å²) in [6, 6.07) is 0. The first-order valence-electron chi connectivity index (χ1n) is 15.2. The minimum atomic E-state index is -4.49. The van der Waals surface area contributed by atoms with Crippen molar-refractivity contribution in [2.45, 2.75) is 64.2 Å². The number of halogens is 3. The third-order valence-corrected chi connectivity index (χ3v) is 9.32. The van der Waals surface area contributed by atoms with E-state index in [1.807, 2.05) is 4.90 Å². The summed E-state index contributed by atoms with van der Waals surface area (Å²) in [6.07, 6.45) is 4.02. The Morgan fingerprint density at radius 1 is 0.930 bits per heavy atom. The summed E-state index contributed by atoms with van der Waals surface area (Å²) >= 11 is 0. The van der Waals surface area contributed by atoms with Gasteiger partial charge in [-0.05, 0) is 25.2 Å². The van der Waals surface area contributed by atoms with E-state index in [-0.39, 0.29) is 29.2 Å². The Hall–Kier alpha value is -3.55. The molecule has 2 aromatic heterocycles. The summed E-state index contributed by atoms with van der Waals surface area (Å²) < 4.78 is 38.4. The molecule has 1 N–H and O–H groups in total. The molecule has 2 amide bonds. The molecule has 0 spiro atoms. The van der Waals surface area contributed by atoms with E-state index >= 15 is 0 Å². The fourth-order valence-corrected chi connectivity index (χ4v) is 6.73. The van der Waals surface area contributed by atoms with E-state index in [1.54, 1.807) is 9.80 Å². The molecular weight excluding hydrogens is 565 g/mol. The molecule has 11 nitrogen and oxygen atoms in total. The van der Waals surface area contributed by atoms with E-state index in [0.29, 0.717) is 83.2 Å². The van der Waals surface area contributed by atoms with Gasteiger partial charge in [0, 0.05) is 88.8 Å². The van der Waals surface area contributed by atoms with Crippen molar-refractivity contribution in [1.29, 1.82) is 0 Å². The molecule has 0 atom stereocenters. The van der Waals surface area contributed by atoms with Gasteiger partial charge < -0.3 is 14.7 Å². The highest BCUT2D eigenvalue weighted by Gasteiger charge is 2.38. The molecule has 3 aliphatic heterocycles. The second-order valence-electron chi connectivity index (χ2n) is 12.2. The number of carbonyl (C=O) groups is 2. The quantitative estimate of drug-likeness (QED) is 0.535. The molecule has 6 rings (SSSR count). The van der Waals surface area contributed by atoms with Gasteiger partial charge in [0.05, 0.1) is 17.2 Å². The van der Waals surface area contributed by atoms with Crippen LogP contribution < -0.4 is 10.5 Å². The first-order valence-corrected chi connectivity index (χ1v) is 15.2. The number of piperazine rings is 1. The lowest BCUT2D eigenvalue weighted by Gasteiger charge is -2.43.